The van der Waals surface area contributed by atoms with E-state index >= 15 is 0 Å². The third kappa shape index (κ3) is 1.16. The molecule has 0 fully saturated rings. The van der Waals surface area contributed by atoms with Gasteiger partial charge in [0, 0.05) is 0 Å². The van der Waals surface area contributed by atoms with E-state index in [4.69, 9.17) is 0 Å². The predicted octanol–water partition coefficient (Wildman–Crippen LogP) is 1.67. The van der Waals surface area contributed by atoms with Crippen LogP contribution in [0.15, 0.2) is 36.4 Å². The van der Waals surface area contributed by atoms with Crippen LogP contribution in [0.1, 0.15) is 11.1 Å². The van der Waals surface area contributed by atoms with Gasteiger partial charge < -0.3 is 0 Å². The summed E-state index contributed by atoms with van der Waals surface area (Å²) in [5, 5.41) is 0. The van der Waals surface area contributed by atoms with Crippen molar-refractivity contribution in [3.8, 4) is 11.1 Å². The summed E-state index contributed by atoms with van der Waals surface area (Å²) in [6.45, 7) is 4.42. The summed E-state index contributed by atoms with van der Waals surface area (Å²) in [6, 6.07) is 13.2. The van der Waals surface area contributed by atoms with E-state index in [2.05, 4.69) is 50.2 Å². The van der Waals surface area contributed by atoms with Crippen LogP contribution in [-0.2, 0) is 0 Å². The molecule has 0 amide bonds. The molecule has 0 spiro atoms. The van der Waals surface area contributed by atoms with Crippen LogP contribution < -0.4 is 10.9 Å². The van der Waals surface area contributed by atoms with Crippen molar-refractivity contribution in [1.29, 1.82) is 0 Å². The fourth-order valence-electron chi connectivity index (χ4n) is 2.58. The van der Waals surface area contributed by atoms with E-state index in [0.717, 1.165) is 7.28 Å². The SMILES string of the molecule is Cc1ccc(C)c2c1Bc1ccccc1-2. The lowest BCUT2D eigenvalue weighted by atomic mass is 9.66. The highest BCUT2D eigenvalue weighted by Gasteiger charge is 2.21. The molecule has 0 bridgehead atoms. The molecule has 0 nitrogen and oxygen atoms in total. The Balaban J connectivity index is 2.37. The summed E-state index contributed by atoms with van der Waals surface area (Å²) < 4.78 is 0. The van der Waals surface area contributed by atoms with Crippen molar-refractivity contribution < 1.29 is 0 Å². The van der Waals surface area contributed by atoms with Crippen molar-refractivity contribution in [2.24, 2.45) is 0 Å². The largest absolute Gasteiger partial charge is 0.194 e. The minimum absolute atomic E-state index is 1.11. The zero-order chi connectivity index (χ0) is 10.4. The van der Waals surface area contributed by atoms with E-state index < -0.39 is 0 Å². The molecule has 0 N–H and O–H groups in total. The number of hydrogen-bond donors (Lipinski definition) is 0. The first kappa shape index (κ1) is 8.78. The zero-order valence-electron chi connectivity index (χ0n) is 9.17. The molecule has 15 heavy (non-hydrogen) atoms. The van der Waals surface area contributed by atoms with Crippen LogP contribution in [-0.4, -0.2) is 7.28 Å². The van der Waals surface area contributed by atoms with Crippen molar-refractivity contribution >= 4 is 18.2 Å². The highest BCUT2D eigenvalue weighted by molar-refractivity contribution is 6.73. The van der Waals surface area contributed by atoms with Crippen LogP contribution >= 0.6 is 0 Å². The molecule has 0 radical (unpaired) electrons. The molecule has 2 aromatic carbocycles. The van der Waals surface area contributed by atoms with Gasteiger partial charge in [0.25, 0.3) is 0 Å². The fourth-order valence-corrected chi connectivity index (χ4v) is 2.58. The molecular weight excluding hydrogens is 179 g/mol. The number of aryl methyl sites for hydroxylation is 2. The van der Waals surface area contributed by atoms with E-state index in [-0.39, 0.29) is 0 Å². The van der Waals surface area contributed by atoms with Crippen molar-refractivity contribution in [3.05, 3.63) is 47.5 Å². The standard InChI is InChI=1S/C14H13B/c1-9-7-8-10(2)14-13(9)11-5-3-4-6-12(11)15-14/h3-8,15H,1-2H3. The maximum absolute atomic E-state index is 2.24. The Kier molecular flexibility index (Phi) is 1.75. The maximum Gasteiger partial charge on any atom is 0.194 e. The third-order valence-corrected chi connectivity index (χ3v) is 3.41. The molecule has 0 atom stereocenters. The Morgan fingerprint density at radius 2 is 1.60 bits per heavy atom. The number of benzene rings is 2. The molecule has 3 rings (SSSR count). The van der Waals surface area contributed by atoms with Gasteiger partial charge in [0.05, 0.1) is 0 Å². The minimum atomic E-state index is 1.11. The lowest BCUT2D eigenvalue weighted by Gasteiger charge is -2.08. The molecule has 0 aromatic heterocycles. The van der Waals surface area contributed by atoms with Gasteiger partial charge in [-0.25, -0.2) is 0 Å². The minimum Gasteiger partial charge on any atom is -0.0708 e. The molecule has 1 heterocycles. The first-order valence-corrected chi connectivity index (χ1v) is 5.45. The van der Waals surface area contributed by atoms with Gasteiger partial charge in [0.2, 0.25) is 0 Å². The van der Waals surface area contributed by atoms with Crippen molar-refractivity contribution in [3.63, 3.8) is 0 Å². The summed E-state index contributed by atoms with van der Waals surface area (Å²) in [5.41, 5.74) is 8.74. The van der Waals surface area contributed by atoms with Crippen LogP contribution in [0.5, 0.6) is 0 Å². The van der Waals surface area contributed by atoms with E-state index in [9.17, 15) is 0 Å². The van der Waals surface area contributed by atoms with Crippen LogP contribution in [0.2, 0.25) is 0 Å². The molecule has 0 unspecified atom stereocenters. The normalized spacial score (nSPS) is 11.9. The Hall–Kier alpha value is -1.50. The number of fused-ring (bicyclic) bond motifs is 3. The molecule has 0 aliphatic carbocycles. The average Bonchev–Trinajstić information content (AvgIpc) is 2.64. The highest BCUT2D eigenvalue weighted by atomic mass is 14.2. The van der Waals surface area contributed by atoms with Gasteiger partial charge in [0.15, 0.2) is 7.28 Å². The van der Waals surface area contributed by atoms with Crippen LogP contribution in [0.3, 0.4) is 0 Å². The number of hydrogen-bond acceptors (Lipinski definition) is 0. The Labute approximate surface area is 91.2 Å². The van der Waals surface area contributed by atoms with E-state index in [1.807, 2.05) is 0 Å². The van der Waals surface area contributed by atoms with Gasteiger partial charge >= 0.3 is 0 Å². The van der Waals surface area contributed by atoms with E-state index in [0.29, 0.717) is 0 Å². The van der Waals surface area contributed by atoms with Gasteiger partial charge in [-0.3, -0.25) is 0 Å². The van der Waals surface area contributed by atoms with Crippen LogP contribution in [0, 0.1) is 13.8 Å². The molecule has 0 saturated carbocycles. The van der Waals surface area contributed by atoms with Gasteiger partial charge in [-0.05, 0) is 30.5 Å². The quantitative estimate of drug-likeness (QED) is 0.475. The molecule has 0 saturated heterocycles. The molecule has 1 aliphatic rings. The molecular formula is C14H13B. The third-order valence-electron chi connectivity index (χ3n) is 3.41. The summed E-state index contributed by atoms with van der Waals surface area (Å²) >= 11 is 0. The Morgan fingerprint density at radius 3 is 2.47 bits per heavy atom. The average molecular weight is 192 g/mol. The number of rotatable bonds is 0. The van der Waals surface area contributed by atoms with Crippen molar-refractivity contribution in [2.45, 2.75) is 13.8 Å². The second-order valence-electron chi connectivity index (χ2n) is 4.39. The Bertz CT molecular complexity index is 541. The van der Waals surface area contributed by atoms with Crippen molar-refractivity contribution in [1.82, 2.24) is 0 Å². The molecule has 2 aromatic rings. The summed E-state index contributed by atoms with van der Waals surface area (Å²) in [7, 11) is 1.11. The van der Waals surface area contributed by atoms with Gasteiger partial charge in [-0.15, -0.1) is 0 Å². The first-order valence-electron chi connectivity index (χ1n) is 5.45. The van der Waals surface area contributed by atoms with Crippen LogP contribution in [0.4, 0.5) is 0 Å². The first-order chi connectivity index (χ1) is 7.27. The lowest BCUT2D eigenvalue weighted by molar-refractivity contribution is 1.43. The van der Waals surface area contributed by atoms with Gasteiger partial charge in [-0.2, -0.15) is 0 Å². The van der Waals surface area contributed by atoms with E-state index in [1.54, 1.807) is 0 Å². The molecule has 72 valence electrons. The second kappa shape index (κ2) is 3.00. The monoisotopic (exact) mass is 192 g/mol. The molecule has 1 heteroatoms. The van der Waals surface area contributed by atoms with E-state index in [1.165, 1.54) is 33.2 Å². The van der Waals surface area contributed by atoms with Crippen molar-refractivity contribution in [2.75, 3.05) is 0 Å². The topological polar surface area (TPSA) is 0 Å². The summed E-state index contributed by atoms with van der Waals surface area (Å²) in [4.78, 5) is 0. The van der Waals surface area contributed by atoms with Crippen LogP contribution in [0.25, 0.3) is 11.1 Å². The fraction of sp³-hybridized carbons (Fsp3) is 0.143. The molecule has 1 aliphatic heterocycles. The lowest BCUT2D eigenvalue weighted by Crippen LogP contribution is -2.23. The van der Waals surface area contributed by atoms with Gasteiger partial charge in [-0.1, -0.05) is 52.9 Å². The highest BCUT2D eigenvalue weighted by Crippen LogP contribution is 2.24. The maximum atomic E-state index is 2.24. The Morgan fingerprint density at radius 1 is 0.867 bits per heavy atom. The smallest absolute Gasteiger partial charge is 0.0708 e. The summed E-state index contributed by atoms with van der Waals surface area (Å²) in [6.07, 6.45) is 0. The summed E-state index contributed by atoms with van der Waals surface area (Å²) in [5.74, 6) is 0. The second-order valence-corrected chi connectivity index (χ2v) is 4.39. The zero-order valence-corrected chi connectivity index (χ0v) is 9.17. The predicted molar refractivity (Wildman–Crippen MR) is 67.8 cm³/mol. The van der Waals surface area contributed by atoms with Gasteiger partial charge in [0.1, 0.15) is 0 Å².